The SMILES string of the molecule is O=C(Nc1ccc(Cl)c(-c2nnc3n2CCCCC3)c1)c1ccc(F)c(F)c1. The van der Waals surface area contributed by atoms with Gasteiger partial charge in [0.05, 0.1) is 5.02 Å². The molecule has 8 heteroatoms. The predicted octanol–water partition coefficient (Wildman–Crippen LogP) is 4.86. The number of carbonyl (C=O) groups excluding carboxylic acids is 1. The highest BCUT2D eigenvalue weighted by Crippen LogP contribution is 2.31. The number of carbonyl (C=O) groups is 1. The summed E-state index contributed by atoms with van der Waals surface area (Å²) in [6, 6.07) is 8.02. The first-order valence-electron chi connectivity index (χ1n) is 9.01. The van der Waals surface area contributed by atoms with E-state index in [1.807, 2.05) is 0 Å². The smallest absolute Gasteiger partial charge is 0.255 e. The number of hydrogen-bond donors (Lipinski definition) is 1. The quantitative estimate of drug-likeness (QED) is 0.680. The topological polar surface area (TPSA) is 59.8 Å². The van der Waals surface area contributed by atoms with Crippen molar-refractivity contribution in [1.29, 1.82) is 0 Å². The van der Waals surface area contributed by atoms with Crippen LogP contribution in [0.25, 0.3) is 11.4 Å². The second kappa shape index (κ2) is 7.67. The van der Waals surface area contributed by atoms with Gasteiger partial charge in [-0.25, -0.2) is 8.78 Å². The van der Waals surface area contributed by atoms with Crippen molar-refractivity contribution in [3.05, 3.63) is 64.4 Å². The summed E-state index contributed by atoms with van der Waals surface area (Å²) in [5.74, 6) is -1.04. The molecule has 1 N–H and O–H groups in total. The number of aryl methyl sites for hydroxylation is 1. The van der Waals surface area contributed by atoms with Gasteiger partial charge in [0, 0.05) is 29.8 Å². The second-order valence-electron chi connectivity index (χ2n) is 6.68. The van der Waals surface area contributed by atoms with Gasteiger partial charge in [-0.1, -0.05) is 18.0 Å². The number of benzene rings is 2. The molecule has 28 heavy (non-hydrogen) atoms. The maximum atomic E-state index is 13.4. The molecule has 0 spiro atoms. The molecule has 0 bridgehead atoms. The fraction of sp³-hybridized carbons (Fsp3) is 0.250. The molecule has 0 fully saturated rings. The molecule has 2 heterocycles. The first-order valence-corrected chi connectivity index (χ1v) is 9.39. The summed E-state index contributed by atoms with van der Waals surface area (Å²) in [6.07, 6.45) is 4.14. The third-order valence-corrected chi connectivity index (χ3v) is 5.09. The van der Waals surface area contributed by atoms with E-state index in [9.17, 15) is 13.6 Å². The van der Waals surface area contributed by atoms with Crippen LogP contribution in [0.5, 0.6) is 0 Å². The molecular weight excluding hydrogens is 386 g/mol. The molecule has 5 nitrogen and oxygen atoms in total. The fourth-order valence-corrected chi connectivity index (χ4v) is 3.50. The lowest BCUT2D eigenvalue weighted by atomic mass is 10.1. The van der Waals surface area contributed by atoms with E-state index >= 15 is 0 Å². The van der Waals surface area contributed by atoms with Gasteiger partial charge in [-0.15, -0.1) is 10.2 Å². The van der Waals surface area contributed by atoms with E-state index in [1.165, 1.54) is 6.07 Å². The molecule has 144 valence electrons. The number of nitrogens with zero attached hydrogens (tertiary/aromatic N) is 3. The minimum atomic E-state index is -1.07. The lowest BCUT2D eigenvalue weighted by Crippen LogP contribution is -2.12. The number of halogens is 3. The molecule has 1 aliphatic rings. The van der Waals surface area contributed by atoms with Crippen molar-refractivity contribution in [2.75, 3.05) is 5.32 Å². The molecule has 1 aliphatic heterocycles. The second-order valence-corrected chi connectivity index (χ2v) is 7.09. The summed E-state index contributed by atoms with van der Waals surface area (Å²) < 4.78 is 28.5. The Morgan fingerprint density at radius 1 is 1.04 bits per heavy atom. The largest absolute Gasteiger partial charge is 0.322 e. The minimum absolute atomic E-state index is 0.0201. The summed E-state index contributed by atoms with van der Waals surface area (Å²) >= 11 is 6.38. The Labute approximate surface area is 165 Å². The first kappa shape index (κ1) is 18.6. The van der Waals surface area contributed by atoms with E-state index in [4.69, 9.17) is 11.6 Å². The Bertz CT molecular complexity index is 1050. The van der Waals surface area contributed by atoms with Crippen molar-refractivity contribution < 1.29 is 13.6 Å². The van der Waals surface area contributed by atoms with Gasteiger partial charge in [-0.2, -0.15) is 0 Å². The maximum Gasteiger partial charge on any atom is 0.255 e. The molecule has 0 aliphatic carbocycles. The number of amides is 1. The first-order chi connectivity index (χ1) is 13.5. The van der Waals surface area contributed by atoms with Crippen LogP contribution in [-0.4, -0.2) is 20.7 Å². The summed E-state index contributed by atoms with van der Waals surface area (Å²) in [5, 5.41) is 11.7. The van der Waals surface area contributed by atoms with Gasteiger partial charge >= 0.3 is 0 Å². The maximum absolute atomic E-state index is 13.4. The molecule has 2 aromatic carbocycles. The lowest BCUT2D eigenvalue weighted by Gasteiger charge is -2.11. The van der Waals surface area contributed by atoms with Crippen molar-refractivity contribution in [3.63, 3.8) is 0 Å². The van der Waals surface area contributed by atoms with E-state index < -0.39 is 17.5 Å². The monoisotopic (exact) mass is 402 g/mol. The average molecular weight is 403 g/mol. The zero-order valence-corrected chi connectivity index (χ0v) is 15.6. The van der Waals surface area contributed by atoms with Gasteiger partial charge in [0.1, 0.15) is 5.82 Å². The number of nitrogens with one attached hydrogen (secondary N) is 1. The van der Waals surface area contributed by atoms with Crippen LogP contribution in [0.3, 0.4) is 0 Å². The summed E-state index contributed by atoms with van der Waals surface area (Å²) in [7, 11) is 0. The van der Waals surface area contributed by atoms with Gasteiger partial charge in [0.2, 0.25) is 0 Å². The van der Waals surface area contributed by atoms with Crippen LogP contribution in [0.4, 0.5) is 14.5 Å². The van der Waals surface area contributed by atoms with Gasteiger partial charge in [0.25, 0.3) is 5.91 Å². The molecule has 0 saturated carbocycles. The van der Waals surface area contributed by atoms with E-state index in [0.717, 1.165) is 50.2 Å². The fourth-order valence-electron chi connectivity index (χ4n) is 3.30. The van der Waals surface area contributed by atoms with E-state index in [0.29, 0.717) is 22.1 Å². The third kappa shape index (κ3) is 3.62. The summed E-state index contributed by atoms with van der Waals surface area (Å²) in [5.41, 5.74) is 1.15. The zero-order chi connectivity index (χ0) is 19.7. The highest BCUT2D eigenvalue weighted by Gasteiger charge is 2.19. The van der Waals surface area contributed by atoms with Crippen LogP contribution in [0.2, 0.25) is 5.02 Å². The Morgan fingerprint density at radius 3 is 2.71 bits per heavy atom. The predicted molar refractivity (Wildman–Crippen MR) is 102 cm³/mol. The number of fused-ring (bicyclic) bond motifs is 1. The summed E-state index contributed by atoms with van der Waals surface area (Å²) in [6.45, 7) is 0.819. The molecule has 1 amide bonds. The molecule has 0 radical (unpaired) electrons. The molecule has 4 rings (SSSR count). The highest BCUT2D eigenvalue weighted by atomic mass is 35.5. The normalized spacial score (nSPS) is 13.7. The van der Waals surface area contributed by atoms with Crippen LogP contribution in [0, 0.1) is 11.6 Å². The van der Waals surface area contributed by atoms with Crippen molar-refractivity contribution in [2.24, 2.45) is 0 Å². The Morgan fingerprint density at radius 2 is 1.89 bits per heavy atom. The van der Waals surface area contributed by atoms with Gasteiger partial charge < -0.3 is 9.88 Å². The van der Waals surface area contributed by atoms with Crippen molar-refractivity contribution in [2.45, 2.75) is 32.2 Å². The molecule has 1 aromatic heterocycles. The zero-order valence-electron chi connectivity index (χ0n) is 14.9. The molecule has 0 saturated heterocycles. The number of anilines is 1. The van der Waals surface area contributed by atoms with Crippen molar-refractivity contribution in [3.8, 4) is 11.4 Å². The van der Waals surface area contributed by atoms with Crippen molar-refractivity contribution in [1.82, 2.24) is 14.8 Å². The Balaban J connectivity index is 1.63. The van der Waals surface area contributed by atoms with E-state index in [-0.39, 0.29) is 5.56 Å². The number of rotatable bonds is 3. The van der Waals surface area contributed by atoms with Gasteiger partial charge in [-0.05, 0) is 49.2 Å². The molecule has 0 unspecified atom stereocenters. The van der Waals surface area contributed by atoms with E-state index in [2.05, 4.69) is 20.1 Å². The van der Waals surface area contributed by atoms with Gasteiger partial charge in [0.15, 0.2) is 17.5 Å². The third-order valence-electron chi connectivity index (χ3n) is 4.76. The standard InChI is InChI=1S/C20H17ClF2N4O/c21-15-7-6-13(24-20(28)12-5-8-16(22)17(23)10-12)11-14(15)19-26-25-18-4-2-1-3-9-27(18)19/h5-8,10-11H,1-4,9H2,(H,24,28). The Hall–Kier alpha value is -2.80. The number of hydrogen-bond acceptors (Lipinski definition) is 3. The Kier molecular flexibility index (Phi) is 5.09. The minimum Gasteiger partial charge on any atom is -0.322 e. The van der Waals surface area contributed by atoms with Gasteiger partial charge in [-0.3, -0.25) is 4.79 Å². The lowest BCUT2D eigenvalue weighted by molar-refractivity contribution is 0.102. The van der Waals surface area contributed by atoms with Crippen molar-refractivity contribution >= 4 is 23.2 Å². The van der Waals surface area contributed by atoms with E-state index in [1.54, 1.807) is 18.2 Å². The molecule has 3 aromatic rings. The molecule has 0 atom stereocenters. The summed E-state index contributed by atoms with van der Waals surface area (Å²) in [4.78, 5) is 12.4. The highest BCUT2D eigenvalue weighted by molar-refractivity contribution is 6.33. The van der Waals surface area contributed by atoms with Crippen LogP contribution in [0.1, 0.15) is 35.4 Å². The van der Waals surface area contributed by atoms with Crippen LogP contribution >= 0.6 is 11.6 Å². The number of aromatic nitrogens is 3. The molecular formula is C20H17ClF2N4O. The van der Waals surface area contributed by atoms with Crippen LogP contribution < -0.4 is 5.32 Å². The van der Waals surface area contributed by atoms with Crippen LogP contribution in [0.15, 0.2) is 36.4 Å². The average Bonchev–Trinajstić information content (AvgIpc) is 2.93. The van der Waals surface area contributed by atoms with Crippen LogP contribution in [-0.2, 0) is 13.0 Å².